The quantitative estimate of drug-likeness (QED) is 0.599. The summed E-state index contributed by atoms with van der Waals surface area (Å²) < 4.78 is 1.50. The van der Waals surface area contributed by atoms with Gasteiger partial charge >= 0.3 is 0 Å². The zero-order valence-corrected chi connectivity index (χ0v) is 5.92. The molecule has 0 amide bonds. The topological polar surface area (TPSA) is 37.8 Å². The number of aromatic nitrogens is 2. The van der Waals surface area contributed by atoms with Gasteiger partial charge in [-0.1, -0.05) is 6.08 Å². The normalized spacial score (nSPS) is 9.70. The van der Waals surface area contributed by atoms with Gasteiger partial charge in [-0.2, -0.15) is 0 Å². The van der Waals surface area contributed by atoms with E-state index in [1.54, 1.807) is 12.1 Å². The summed E-state index contributed by atoms with van der Waals surface area (Å²) in [5.41, 5.74) is 0.879. The molecule has 1 heterocycles. The molecule has 0 unspecified atom stereocenters. The Bertz CT molecular complexity index is 282. The summed E-state index contributed by atoms with van der Waals surface area (Å²) in [5.74, 6) is 0. The molecule has 0 fully saturated rings. The zero-order valence-electron chi connectivity index (χ0n) is 5.92. The number of aryl methyl sites for hydroxylation is 1. The highest BCUT2D eigenvalue weighted by atomic mass is 16.1. The van der Waals surface area contributed by atoms with E-state index in [2.05, 4.69) is 11.7 Å². The molecule has 0 aliphatic rings. The van der Waals surface area contributed by atoms with Crippen molar-refractivity contribution < 1.29 is 0 Å². The second-order valence-corrected chi connectivity index (χ2v) is 2.18. The van der Waals surface area contributed by atoms with Gasteiger partial charge in [-0.15, -0.1) is 6.58 Å². The summed E-state index contributed by atoms with van der Waals surface area (Å²) in [5, 5.41) is 2.88. The highest BCUT2D eigenvalue weighted by Crippen LogP contribution is 1.84. The zero-order chi connectivity index (χ0) is 7.56. The van der Waals surface area contributed by atoms with E-state index >= 15 is 0 Å². The summed E-state index contributed by atoms with van der Waals surface area (Å²) >= 11 is 0. The summed E-state index contributed by atoms with van der Waals surface area (Å²) in [6, 6.07) is 1.56. The third-order valence-corrected chi connectivity index (χ3v) is 1.23. The van der Waals surface area contributed by atoms with E-state index in [-0.39, 0.29) is 5.56 Å². The first-order valence-corrected chi connectivity index (χ1v) is 3.11. The van der Waals surface area contributed by atoms with Crippen LogP contribution in [0, 0.1) is 6.92 Å². The van der Waals surface area contributed by atoms with Crippen LogP contribution < -0.4 is 5.56 Å². The molecular formula is C7H10N2O. The molecule has 10 heavy (non-hydrogen) atoms. The summed E-state index contributed by atoms with van der Waals surface area (Å²) in [7, 11) is 0. The fraction of sp³-hybridized carbons (Fsp3) is 0.286. The van der Waals surface area contributed by atoms with Crippen molar-refractivity contribution in [2.45, 2.75) is 13.5 Å². The van der Waals surface area contributed by atoms with E-state index in [1.807, 2.05) is 6.92 Å². The average Bonchev–Trinajstić information content (AvgIpc) is 2.13. The SMILES string of the molecule is C=CCn1[nH]c(C)cc1=O. The molecule has 1 rings (SSSR count). The Morgan fingerprint density at radius 3 is 3.00 bits per heavy atom. The van der Waals surface area contributed by atoms with Gasteiger partial charge in [-0.3, -0.25) is 9.89 Å². The fourth-order valence-corrected chi connectivity index (χ4v) is 0.828. The molecule has 0 aliphatic carbocycles. The van der Waals surface area contributed by atoms with Crippen LogP contribution >= 0.6 is 0 Å². The third-order valence-electron chi connectivity index (χ3n) is 1.23. The first-order chi connectivity index (χ1) is 4.74. The standard InChI is InChI=1S/C7H10N2O/c1-3-4-9-7(10)5-6(2)8-9/h3,5,8H,1,4H2,2H3. The molecule has 1 aromatic heterocycles. The Morgan fingerprint density at radius 1 is 1.90 bits per heavy atom. The van der Waals surface area contributed by atoms with Crippen molar-refractivity contribution in [3.8, 4) is 0 Å². The lowest BCUT2D eigenvalue weighted by Gasteiger charge is -1.92. The number of nitrogens with zero attached hydrogens (tertiary/aromatic N) is 1. The van der Waals surface area contributed by atoms with Crippen LogP contribution in [0.1, 0.15) is 5.69 Å². The largest absolute Gasteiger partial charge is 0.300 e. The second-order valence-electron chi connectivity index (χ2n) is 2.18. The Hall–Kier alpha value is -1.25. The predicted octanol–water partition coefficient (Wildman–Crippen LogP) is 0.671. The number of H-pyrrole nitrogens is 1. The van der Waals surface area contributed by atoms with E-state index in [0.717, 1.165) is 5.69 Å². The maximum atomic E-state index is 10.9. The Balaban J connectivity index is 3.03. The van der Waals surface area contributed by atoms with Crippen LogP contribution in [0.2, 0.25) is 0 Å². The van der Waals surface area contributed by atoms with E-state index < -0.39 is 0 Å². The van der Waals surface area contributed by atoms with Crippen LogP contribution in [-0.4, -0.2) is 9.78 Å². The fourth-order valence-electron chi connectivity index (χ4n) is 0.828. The number of hydrogen-bond acceptors (Lipinski definition) is 1. The molecule has 0 bridgehead atoms. The smallest absolute Gasteiger partial charge is 0.266 e. The molecule has 0 aromatic carbocycles. The lowest BCUT2D eigenvalue weighted by Crippen LogP contribution is -2.14. The molecule has 0 saturated heterocycles. The van der Waals surface area contributed by atoms with Gasteiger partial charge in [-0.25, -0.2) is 4.68 Å². The van der Waals surface area contributed by atoms with Crippen molar-refractivity contribution in [1.29, 1.82) is 0 Å². The van der Waals surface area contributed by atoms with Crippen LogP contribution in [0.3, 0.4) is 0 Å². The van der Waals surface area contributed by atoms with Gasteiger partial charge < -0.3 is 0 Å². The van der Waals surface area contributed by atoms with Gasteiger partial charge in [0.1, 0.15) is 0 Å². The second kappa shape index (κ2) is 2.56. The Labute approximate surface area is 59.0 Å². The molecule has 3 nitrogen and oxygen atoms in total. The minimum absolute atomic E-state index is 0.00241. The molecule has 0 aliphatic heterocycles. The first-order valence-electron chi connectivity index (χ1n) is 3.11. The van der Waals surface area contributed by atoms with Crippen LogP contribution in [0.5, 0.6) is 0 Å². The van der Waals surface area contributed by atoms with E-state index in [4.69, 9.17) is 0 Å². The molecule has 3 heteroatoms. The Morgan fingerprint density at radius 2 is 2.60 bits per heavy atom. The van der Waals surface area contributed by atoms with Gasteiger partial charge in [0.05, 0.1) is 6.54 Å². The average molecular weight is 138 g/mol. The number of rotatable bonds is 2. The monoisotopic (exact) mass is 138 g/mol. The van der Waals surface area contributed by atoms with Crippen LogP contribution in [0.25, 0.3) is 0 Å². The minimum atomic E-state index is -0.00241. The summed E-state index contributed by atoms with van der Waals surface area (Å²) in [6.07, 6.45) is 1.68. The van der Waals surface area contributed by atoms with Gasteiger partial charge in [0.15, 0.2) is 0 Å². The van der Waals surface area contributed by atoms with Gasteiger partial charge in [0, 0.05) is 11.8 Å². The molecule has 0 spiro atoms. The molecule has 0 atom stereocenters. The number of aromatic amines is 1. The maximum absolute atomic E-state index is 10.9. The van der Waals surface area contributed by atoms with E-state index in [0.29, 0.717) is 6.54 Å². The van der Waals surface area contributed by atoms with Crippen LogP contribution in [0.4, 0.5) is 0 Å². The minimum Gasteiger partial charge on any atom is -0.300 e. The number of allylic oxidation sites excluding steroid dienone is 1. The van der Waals surface area contributed by atoms with Gasteiger partial charge in [0.2, 0.25) is 0 Å². The highest BCUT2D eigenvalue weighted by molar-refractivity contribution is 4.96. The van der Waals surface area contributed by atoms with Crippen molar-refractivity contribution in [3.05, 3.63) is 34.8 Å². The highest BCUT2D eigenvalue weighted by Gasteiger charge is 1.94. The van der Waals surface area contributed by atoms with Crippen molar-refractivity contribution in [2.24, 2.45) is 0 Å². The third kappa shape index (κ3) is 1.18. The van der Waals surface area contributed by atoms with Gasteiger partial charge in [-0.05, 0) is 6.92 Å². The molecule has 54 valence electrons. The van der Waals surface area contributed by atoms with Crippen LogP contribution in [0.15, 0.2) is 23.5 Å². The lowest BCUT2D eigenvalue weighted by atomic mass is 10.5. The van der Waals surface area contributed by atoms with E-state index in [1.165, 1.54) is 4.68 Å². The van der Waals surface area contributed by atoms with Gasteiger partial charge in [0.25, 0.3) is 5.56 Å². The first kappa shape index (κ1) is 6.86. The lowest BCUT2D eigenvalue weighted by molar-refractivity contribution is 0.672. The summed E-state index contributed by atoms with van der Waals surface area (Å²) in [4.78, 5) is 10.9. The Kier molecular flexibility index (Phi) is 1.76. The molecular weight excluding hydrogens is 128 g/mol. The predicted molar refractivity (Wildman–Crippen MR) is 40.0 cm³/mol. The van der Waals surface area contributed by atoms with Crippen molar-refractivity contribution in [1.82, 2.24) is 9.78 Å². The van der Waals surface area contributed by atoms with Crippen molar-refractivity contribution in [3.63, 3.8) is 0 Å². The molecule has 1 aromatic rings. The summed E-state index contributed by atoms with van der Waals surface area (Å²) in [6.45, 7) is 5.92. The van der Waals surface area contributed by atoms with E-state index in [9.17, 15) is 4.79 Å². The number of nitrogens with one attached hydrogen (secondary N) is 1. The maximum Gasteiger partial charge on any atom is 0.266 e. The van der Waals surface area contributed by atoms with Crippen molar-refractivity contribution >= 4 is 0 Å². The molecule has 0 saturated carbocycles. The number of hydrogen-bond donors (Lipinski definition) is 1. The molecule has 1 N–H and O–H groups in total. The van der Waals surface area contributed by atoms with Crippen LogP contribution in [-0.2, 0) is 6.54 Å². The molecule has 0 radical (unpaired) electrons. The van der Waals surface area contributed by atoms with Crippen molar-refractivity contribution in [2.75, 3.05) is 0 Å².